The minimum atomic E-state index is -0.532. The third kappa shape index (κ3) is 75.5. The van der Waals surface area contributed by atoms with Crippen LogP contribution in [0.15, 0.2) is 0 Å². The summed E-state index contributed by atoms with van der Waals surface area (Å²) in [5.74, 6) is 2.75. The topological polar surface area (TPSA) is 273 Å². The normalized spacial score (nSPS) is 12.7. The number of hydrogen-bond acceptors (Lipinski definition) is 28. The summed E-state index contributed by atoms with van der Waals surface area (Å²) in [6.45, 7) is 21.7. The number of unbranched alkanes of at least 4 members (excludes halogenated alkanes) is 25. The molecular weight excluding hydrogens is 1620 g/mol. The van der Waals surface area contributed by atoms with Gasteiger partial charge in [0.1, 0.15) is 59.5 Å². The molecule has 0 heterocycles. The van der Waals surface area contributed by atoms with Crippen molar-refractivity contribution >= 4 is 118 Å². The molecule has 0 aromatic heterocycles. The molecule has 0 aliphatic heterocycles. The molecule has 28 heteroatoms. The van der Waals surface area contributed by atoms with Gasteiger partial charge in [0.15, 0.2) is 12.6 Å². The maximum Gasteiger partial charge on any atom is 0.309 e. The molecule has 0 saturated carbocycles. The van der Waals surface area contributed by atoms with E-state index in [0.29, 0.717) is 67.8 Å². The standard InChI is InChI=1S/C91H167N3O20S5/c1-11-16-21-26-31-36-65-115-71-77(6)82(95)70-105-76-114-87(100)47-52-92(48-41-50-93(53-43-83(96)106-57-61-110-88(101)78(7)72-116-66-37-32-27-22-17-12-2)54-44-84(97)107-58-62-111-89(102)79(8)73-117-67-38-33-28-23-18-13-3)49-42-51-94(55-45-85(98)108-59-63-112-90(103)80(9)74-118-68-39-34-29-24-19-14-4)56-46-86(99)109-60-64-113-91(104)81(10)75-119-69-40-35-30-25-20-15-5/h77-81H,11-76H2,1-10H3. The van der Waals surface area contributed by atoms with Gasteiger partial charge in [0.25, 0.3) is 0 Å². The Labute approximate surface area is 742 Å². The van der Waals surface area contributed by atoms with Gasteiger partial charge in [0, 0.05) is 67.4 Å². The molecule has 5 atom stereocenters. The van der Waals surface area contributed by atoms with E-state index in [9.17, 15) is 47.9 Å². The van der Waals surface area contributed by atoms with Crippen LogP contribution in [0.2, 0.25) is 0 Å². The number of thioether (sulfide) groups is 5. The van der Waals surface area contributed by atoms with Crippen molar-refractivity contribution in [2.45, 2.75) is 307 Å². The first-order chi connectivity index (χ1) is 57.7. The van der Waals surface area contributed by atoms with Crippen molar-refractivity contribution in [2.75, 3.05) is 183 Å². The van der Waals surface area contributed by atoms with Crippen LogP contribution in [0.1, 0.15) is 307 Å². The van der Waals surface area contributed by atoms with E-state index in [0.717, 1.165) is 60.9 Å². The number of carbonyl (C=O) groups is 10. The van der Waals surface area contributed by atoms with E-state index in [-0.39, 0.29) is 190 Å². The number of hydrogen-bond donors (Lipinski definition) is 0. The molecule has 0 aliphatic carbocycles. The Morgan fingerprint density at radius 1 is 0.235 bits per heavy atom. The molecule has 0 aromatic carbocycles. The Balaban J connectivity index is 6.49. The Bertz CT molecular complexity index is 2260. The van der Waals surface area contributed by atoms with Crippen LogP contribution in [0, 0.1) is 29.6 Å². The first-order valence-electron chi connectivity index (χ1n) is 46.3. The van der Waals surface area contributed by atoms with Crippen LogP contribution in [-0.4, -0.2) is 257 Å². The first-order valence-corrected chi connectivity index (χ1v) is 52.1. The lowest BCUT2D eigenvalue weighted by molar-refractivity contribution is -0.159. The lowest BCUT2D eigenvalue weighted by atomic mass is 10.1. The molecule has 119 heavy (non-hydrogen) atoms. The van der Waals surface area contributed by atoms with E-state index >= 15 is 0 Å². The fourth-order valence-electron chi connectivity index (χ4n) is 12.4. The fraction of sp³-hybridized carbons (Fsp3) is 0.890. The summed E-state index contributed by atoms with van der Waals surface area (Å²) in [4.78, 5) is 137. The van der Waals surface area contributed by atoms with Crippen molar-refractivity contribution in [3.63, 3.8) is 0 Å². The monoisotopic (exact) mass is 1780 g/mol. The van der Waals surface area contributed by atoms with Crippen LogP contribution in [0.25, 0.3) is 0 Å². The Morgan fingerprint density at radius 2 is 0.437 bits per heavy atom. The van der Waals surface area contributed by atoms with Gasteiger partial charge in [-0.2, -0.15) is 58.8 Å². The number of ketones is 1. The van der Waals surface area contributed by atoms with Gasteiger partial charge in [-0.3, -0.25) is 47.9 Å². The van der Waals surface area contributed by atoms with Crippen LogP contribution in [0.3, 0.4) is 0 Å². The van der Waals surface area contributed by atoms with Crippen LogP contribution >= 0.6 is 58.8 Å². The van der Waals surface area contributed by atoms with Crippen molar-refractivity contribution in [1.29, 1.82) is 0 Å². The van der Waals surface area contributed by atoms with Crippen LogP contribution < -0.4 is 0 Å². The third-order valence-corrected chi connectivity index (χ3v) is 26.7. The van der Waals surface area contributed by atoms with Crippen molar-refractivity contribution in [2.24, 2.45) is 29.6 Å². The number of carbonyl (C=O) groups excluding carboxylic acids is 10. The molecule has 0 amide bonds. The second-order valence-electron chi connectivity index (χ2n) is 31.7. The molecule has 0 aromatic rings. The predicted octanol–water partition coefficient (Wildman–Crippen LogP) is 18.7. The van der Waals surface area contributed by atoms with Gasteiger partial charge < -0.3 is 62.1 Å². The summed E-state index contributed by atoms with van der Waals surface area (Å²) in [6.07, 6.45) is 37.1. The smallest absolute Gasteiger partial charge is 0.309 e. The average molecular weight is 1780 g/mol. The molecule has 0 fully saturated rings. The number of rotatable bonds is 89. The molecule has 0 rings (SSSR count). The highest BCUT2D eigenvalue weighted by atomic mass is 32.2. The number of ether oxygens (including phenoxy) is 10. The highest BCUT2D eigenvalue weighted by Gasteiger charge is 2.23. The zero-order chi connectivity index (χ0) is 87.7. The molecule has 0 spiro atoms. The van der Waals surface area contributed by atoms with Gasteiger partial charge in [0.05, 0.1) is 55.8 Å². The van der Waals surface area contributed by atoms with Gasteiger partial charge in [-0.25, -0.2) is 0 Å². The van der Waals surface area contributed by atoms with E-state index in [4.69, 9.17) is 47.4 Å². The Kier molecular flexibility index (Phi) is 82.8. The second-order valence-corrected chi connectivity index (χ2v) is 37.5. The highest BCUT2D eigenvalue weighted by Crippen LogP contribution is 2.21. The van der Waals surface area contributed by atoms with Crippen LogP contribution in [-0.2, 0) is 95.3 Å². The summed E-state index contributed by atoms with van der Waals surface area (Å²) < 4.78 is 55.2. The Hall–Kier alpha value is -3.51. The second kappa shape index (κ2) is 85.3. The van der Waals surface area contributed by atoms with Crippen LogP contribution in [0.4, 0.5) is 0 Å². The molecule has 0 N–H and O–H groups in total. The number of Topliss-reactive ketones (excluding diaryl/α,β-unsaturated/α-hetero) is 1. The van der Waals surface area contributed by atoms with Crippen LogP contribution in [0.5, 0.6) is 0 Å². The molecular formula is C91H167N3O20S5. The third-order valence-electron chi connectivity index (χ3n) is 20.2. The summed E-state index contributed by atoms with van der Waals surface area (Å²) in [7, 11) is 0. The Morgan fingerprint density at radius 3 is 0.681 bits per heavy atom. The van der Waals surface area contributed by atoms with Crippen molar-refractivity contribution < 1.29 is 95.3 Å². The molecule has 0 radical (unpaired) electrons. The lowest BCUT2D eigenvalue weighted by Crippen LogP contribution is -2.36. The van der Waals surface area contributed by atoms with Crippen molar-refractivity contribution in [3.05, 3.63) is 0 Å². The summed E-state index contributed by atoms with van der Waals surface area (Å²) in [6, 6.07) is 0. The van der Waals surface area contributed by atoms with Gasteiger partial charge in [-0.05, 0) is 99.9 Å². The van der Waals surface area contributed by atoms with Crippen molar-refractivity contribution in [3.8, 4) is 0 Å². The summed E-state index contributed by atoms with van der Waals surface area (Å²) in [5.41, 5.74) is 0. The first kappa shape index (κ1) is 115. The lowest BCUT2D eigenvalue weighted by Gasteiger charge is -2.27. The minimum absolute atomic E-state index is 0.0245. The van der Waals surface area contributed by atoms with E-state index < -0.39 is 29.8 Å². The molecule has 5 unspecified atom stereocenters. The average Bonchev–Trinajstić information content (AvgIpc) is 0.942. The summed E-state index contributed by atoms with van der Waals surface area (Å²) >= 11 is 8.74. The quantitative estimate of drug-likeness (QED) is 0.0237. The summed E-state index contributed by atoms with van der Waals surface area (Å²) in [5, 5.41) is 0. The molecule has 23 nitrogen and oxygen atoms in total. The molecule has 696 valence electrons. The predicted molar refractivity (Wildman–Crippen MR) is 491 cm³/mol. The number of nitrogens with zero attached hydrogens (tertiary/aromatic N) is 3. The van der Waals surface area contributed by atoms with Gasteiger partial charge in [0.2, 0.25) is 0 Å². The van der Waals surface area contributed by atoms with E-state index in [1.807, 2.05) is 44.4 Å². The largest absolute Gasteiger partial charge is 0.462 e. The maximum atomic E-state index is 13.5. The van der Waals surface area contributed by atoms with Gasteiger partial charge in [-0.15, -0.1) is 0 Å². The van der Waals surface area contributed by atoms with E-state index in [2.05, 4.69) is 39.5 Å². The molecule has 0 bridgehead atoms. The van der Waals surface area contributed by atoms with Gasteiger partial charge in [-0.1, -0.05) is 230 Å². The molecule has 0 saturated heterocycles. The number of esters is 9. The maximum absolute atomic E-state index is 13.5. The zero-order valence-corrected chi connectivity index (χ0v) is 80.2. The SMILES string of the molecule is CCCCCCCCSCC(C)C(=O)COCOC(=O)CCN(CCCN(CCC(=O)OCCOC(=O)C(C)CSCCCCCCCC)CCC(=O)OCCOC(=O)C(C)CSCCCCCCCC)CCCN(CCC(=O)OCCOC(=O)C(C)CSCCCCCCCC)CCC(=O)OCCOC(=O)C(C)CSCCCCCCCC. The zero-order valence-electron chi connectivity index (χ0n) is 76.1. The fourth-order valence-corrected chi connectivity index (χ4v) is 17.8. The molecule has 0 aliphatic rings. The van der Waals surface area contributed by atoms with E-state index in [1.165, 1.54) is 161 Å². The van der Waals surface area contributed by atoms with Gasteiger partial charge >= 0.3 is 53.7 Å². The highest BCUT2D eigenvalue weighted by molar-refractivity contribution is 8.00. The van der Waals surface area contributed by atoms with E-state index in [1.54, 1.807) is 58.8 Å². The minimum Gasteiger partial charge on any atom is -0.462 e. The van der Waals surface area contributed by atoms with Crippen molar-refractivity contribution in [1.82, 2.24) is 14.7 Å².